The molecule has 3 aromatic carbocycles. The number of benzene rings is 3. The molecule has 1 atom stereocenters. The summed E-state index contributed by atoms with van der Waals surface area (Å²) in [6.45, 7) is 6.68. The van der Waals surface area contributed by atoms with Crippen LogP contribution in [0.5, 0.6) is 0 Å². The standard InChI is InChI=1S/C33H35N3O3/c1-32(2,3)39-31(38)36-24-34-22-29(36)21-25-23-35(20-19-30(25)37)33(26-13-7-4-8-14-26,27-15-9-5-10-16-27)28-17-11-6-12-18-28/h4-18,21-22,24,30,37H,19-20,23H2,1-3H3/b25-21-. The number of aliphatic hydroxyl groups excluding tert-OH is 1. The summed E-state index contributed by atoms with van der Waals surface area (Å²) in [7, 11) is 0. The highest BCUT2D eigenvalue weighted by atomic mass is 16.6. The monoisotopic (exact) mass is 521 g/mol. The first kappa shape index (κ1) is 26.6. The molecular weight excluding hydrogens is 486 g/mol. The molecular formula is C33H35N3O3. The summed E-state index contributed by atoms with van der Waals surface area (Å²) in [5, 5.41) is 11.1. The van der Waals surface area contributed by atoms with E-state index in [4.69, 9.17) is 4.74 Å². The molecule has 6 nitrogen and oxygen atoms in total. The van der Waals surface area contributed by atoms with E-state index in [9.17, 15) is 9.90 Å². The molecule has 2 heterocycles. The van der Waals surface area contributed by atoms with Crippen molar-refractivity contribution >= 4 is 12.2 Å². The van der Waals surface area contributed by atoms with Gasteiger partial charge in [-0.15, -0.1) is 0 Å². The summed E-state index contributed by atoms with van der Waals surface area (Å²) in [5.41, 5.74) is 3.62. The lowest BCUT2D eigenvalue weighted by Crippen LogP contribution is -2.52. The van der Waals surface area contributed by atoms with Gasteiger partial charge in [0.15, 0.2) is 0 Å². The predicted octanol–water partition coefficient (Wildman–Crippen LogP) is 6.11. The van der Waals surface area contributed by atoms with Crippen LogP contribution < -0.4 is 0 Å². The number of hydrogen-bond acceptors (Lipinski definition) is 5. The van der Waals surface area contributed by atoms with Gasteiger partial charge in [0.05, 0.1) is 23.5 Å². The van der Waals surface area contributed by atoms with Crippen LogP contribution in [0.2, 0.25) is 0 Å². The van der Waals surface area contributed by atoms with Crippen LogP contribution in [-0.2, 0) is 10.3 Å². The van der Waals surface area contributed by atoms with Crippen LogP contribution in [-0.4, -0.2) is 50.4 Å². The number of piperidine rings is 1. The Kier molecular flexibility index (Phi) is 7.51. The van der Waals surface area contributed by atoms with Crippen molar-refractivity contribution in [2.24, 2.45) is 0 Å². The fourth-order valence-electron chi connectivity index (χ4n) is 5.45. The zero-order valence-electron chi connectivity index (χ0n) is 22.7. The van der Waals surface area contributed by atoms with E-state index in [1.165, 1.54) is 10.9 Å². The fraction of sp³-hybridized carbons (Fsp3) is 0.273. The van der Waals surface area contributed by atoms with Gasteiger partial charge in [-0.05, 0) is 55.5 Å². The van der Waals surface area contributed by atoms with E-state index in [1.54, 1.807) is 6.20 Å². The van der Waals surface area contributed by atoms with Gasteiger partial charge in [-0.25, -0.2) is 14.3 Å². The van der Waals surface area contributed by atoms with Crippen LogP contribution in [0.1, 0.15) is 49.6 Å². The van der Waals surface area contributed by atoms with Crippen LogP contribution in [0.25, 0.3) is 6.08 Å². The number of nitrogens with zero attached hydrogens (tertiary/aromatic N) is 3. The van der Waals surface area contributed by atoms with Gasteiger partial charge in [0.25, 0.3) is 0 Å². The second-order valence-electron chi connectivity index (χ2n) is 10.9. The molecule has 0 saturated carbocycles. The molecule has 0 bridgehead atoms. The van der Waals surface area contributed by atoms with Crippen molar-refractivity contribution in [1.29, 1.82) is 0 Å². The first-order valence-electron chi connectivity index (χ1n) is 13.3. The number of carbonyl (C=O) groups excluding carboxylic acids is 1. The van der Waals surface area contributed by atoms with Gasteiger partial charge in [0.2, 0.25) is 0 Å². The van der Waals surface area contributed by atoms with Crippen molar-refractivity contribution in [2.75, 3.05) is 13.1 Å². The highest BCUT2D eigenvalue weighted by Gasteiger charge is 2.44. The summed E-state index contributed by atoms with van der Waals surface area (Å²) in [6, 6.07) is 31.6. The highest BCUT2D eigenvalue weighted by Crippen LogP contribution is 2.44. The third kappa shape index (κ3) is 5.44. The Hall–Kier alpha value is -4.00. The summed E-state index contributed by atoms with van der Waals surface area (Å²) < 4.78 is 6.96. The number of imidazole rings is 1. The number of aromatic nitrogens is 2. The molecule has 0 radical (unpaired) electrons. The van der Waals surface area contributed by atoms with Gasteiger partial charge in [-0.1, -0.05) is 91.0 Å². The van der Waals surface area contributed by atoms with Crippen molar-refractivity contribution in [1.82, 2.24) is 14.5 Å². The molecule has 1 aliphatic rings. The lowest BCUT2D eigenvalue weighted by atomic mass is 9.74. The first-order chi connectivity index (χ1) is 18.8. The SMILES string of the molecule is CC(C)(C)OC(=O)n1cncc1/C=C1/CN(C(c2ccccc2)(c2ccccc2)c2ccccc2)CCC1O. The third-order valence-corrected chi connectivity index (χ3v) is 7.11. The Morgan fingerprint density at radius 2 is 1.41 bits per heavy atom. The van der Waals surface area contributed by atoms with E-state index in [0.29, 0.717) is 25.2 Å². The van der Waals surface area contributed by atoms with Crippen molar-refractivity contribution in [3.05, 3.63) is 131 Å². The summed E-state index contributed by atoms with van der Waals surface area (Å²) in [4.78, 5) is 19.5. The minimum atomic E-state index is -0.636. The van der Waals surface area contributed by atoms with Crippen LogP contribution >= 0.6 is 0 Å². The van der Waals surface area contributed by atoms with Crippen molar-refractivity contribution in [2.45, 2.75) is 44.4 Å². The van der Waals surface area contributed by atoms with Crippen molar-refractivity contribution < 1.29 is 14.6 Å². The minimum Gasteiger partial charge on any atom is -0.443 e. The lowest BCUT2D eigenvalue weighted by Gasteiger charge is -2.48. The van der Waals surface area contributed by atoms with Crippen molar-refractivity contribution in [3.63, 3.8) is 0 Å². The molecule has 5 rings (SSSR count). The largest absolute Gasteiger partial charge is 0.443 e. The van der Waals surface area contributed by atoms with Gasteiger partial charge in [-0.3, -0.25) is 4.90 Å². The second-order valence-corrected chi connectivity index (χ2v) is 10.9. The molecule has 1 N–H and O–H groups in total. The Balaban J connectivity index is 1.62. The number of ether oxygens (including phenoxy) is 1. The molecule has 4 aromatic rings. The Labute approximate surface area is 230 Å². The van der Waals surface area contributed by atoms with E-state index in [2.05, 4.69) is 82.7 Å². The maximum atomic E-state index is 12.8. The van der Waals surface area contributed by atoms with E-state index < -0.39 is 23.3 Å². The van der Waals surface area contributed by atoms with Crippen LogP contribution in [0.3, 0.4) is 0 Å². The lowest BCUT2D eigenvalue weighted by molar-refractivity contribution is 0.0535. The van der Waals surface area contributed by atoms with E-state index in [0.717, 1.165) is 22.3 Å². The van der Waals surface area contributed by atoms with Crippen LogP contribution in [0.4, 0.5) is 4.79 Å². The summed E-state index contributed by atoms with van der Waals surface area (Å²) in [6.07, 6.45) is 4.38. The molecule has 1 aliphatic heterocycles. The van der Waals surface area contributed by atoms with Crippen LogP contribution in [0, 0.1) is 0 Å². The smallest absolute Gasteiger partial charge is 0.420 e. The van der Waals surface area contributed by atoms with Gasteiger partial charge in [0, 0.05) is 13.1 Å². The van der Waals surface area contributed by atoms with Gasteiger partial charge >= 0.3 is 6.09 Å². The molecule has 1 fully saturated rings. The molecule has 0 spiro atoms. The zero-order chi connectivity index (χ0) is 27.5. The molecule has 0 amide bonds. The van der Waals surface area contributed by atoms with Gasteiger partial charge < -0.3 is 9.84 Å². The average Bonchev–Trinajstić information content (AvgIpc) is 3.40. The Bertz CT molecular complexity index is 1330. The molecule has 0 aliphatic carbocycles. The van der Waals surface area contributed by atoms with Gasteiger partial charge in [0.1, 0.15) is 11.9 Å². The van der Waals surface area contributed by atoms with E-state index in [1.807, 2.05) is 45.0 Å². The minimum absolute atomic E-state index is 0.499. The second kappa shape index (κ2) is 11.0. The molecule has 1 saturated heterocycles. The van der Waals surface area contributed by atoms with Crippen LogP contribution in [0.15, 0.2) is 109 Å². The van der Waals surface area contributed by atoms with Gasteiger partial charge in [-0.2, -0.15) is 0 Å². The number of aliphatic hydroxyl groups is 1. The van der Waals surface area contributed by atoms with Crippen molar-refractivity contribution in [3.8, 4) is 0 Å². The molecule has 1 aromatic heterocycles. The topological polar surface area (TPSA) is 67.6 Å². The number of hydrogen-bond donors (Lipinski definition) is 1. The normalized spacial score (nSPS) is 17.7. The molecule has 1 unspecified atom stereocenters. The predicted molar refractivity (Wildman–Crippen MR) is 153 cm³/mol. The molecule has 39 heavy (non-hydrogen) atoms. The first-order valence-corrected chi connectivity index (χ1v) is 13.3. The van der Waals surface area contributed by atoms with E-state index >= 15 is 0 Å². The zero-order valence-corrected chi connectivity index (χ0v) is 22.7. The highest BCUT2D eigenvalue weighted by molar-refractivity contribution is 5.74. The molecule has 200 valence electrons. The summed E-state index contributed by atoms with van der Waals surface area (Å²) in [5.74, 6) is 0. The van der Waals surface area contributed by atoms with E-state index in [-0.39, 0.29) is 0 Å². The maximum Gasteiger partial charge on any atom is 0.420 e. The quantitative estimate of drug-likeness (QED) is 0.321. The average molecular weight is 522 g/mol. The summed E-state index contributed by atoms with van der Waals surface area (Å²) >= 11 is 0. The number of likely N-dealkylation sites (tertiary alicyclic amines) is 1. The molecule has 6 heteroatoms. The Morgan fingerprint density at radius 1 is 0.897 bits per heavy atom. The third-order valence-electron chi connectivity index (χ3n) is 7.11. The Morgan fingerprint density at radius 3 is 1.90 bits per heavy atom. The number of rotatable bonds is 5. The number of carbonyl (C=O) groups is 1. The maximum absolute atomic E-state index is 12.8. The fourth-order valence-corrected chi connectivity index (χ4v) is 5.45.